The van der Waals surface area contributed by atoms with Crippen molar-refractivity contribution in [3.63, 3.8) is 0 Å². The first-order chi connectivity index (χ1) is 16.9. The number of benzene rings is 1. The Morgan fingerprint density at radius 2 is 1.83 bits per heavy atom. The number of thiazole rings is 1. The molecule has 1 saturated heterocycles. The molecule has 1 aromatic carbocycles. The fourth-order valence-electron chi connectivity index (χ4n) is 4.26. The van der Waals surface area contributed by atoms with E-state index in [1.165, 1.54) is 11.3 Å². The van der Waals surface area contributed by atoms with Gasteiger partial charge in [0.2, 0.25) is 5.91 Å². The van der Waals surface area contributed by atoms with Crippen LogP contribution in [0.3, 0.4) is 0 Å². The highest BCUT2D eigenvalue weighted by Crippen LogP contribution is 2.34. The van der Waals surface area contributed by atoms with Crippen molar-refractivity contribution in [2.24, 2.45) is 0 Å². The molecule has 1 fully saturated rings. The molecule has 0 saturated carbocycles. The van der Waals surface area contributed by atoms with Crippen LogP contribution in [0.1, 0.15) is 41.0 Å². The van der Waals surface area contributed by atoms with E-state index in [1.807, 2.05) is 49.1 Å². The van der Waals surface area contributed by atoms with Gasteiger partial charge < -0.3 is 9.64 Å². The molecule has 0 radical (unpaired) electrons. The van der Waals surface area contributed by atoms with Crippen molar-refractivity contribution >= 4 is 44.2 Å². The van der Waals surface area contributed by atoms with Gasteiger partial charge in [0, 0.05) is 47.4 Å². The Labute approximate surface area is 207 Å². The zero-order valence-electron chi connectivity index (χ0n) is 19.8. The first-order valence-electron chi connectivity index (χ1n) is 11.4. The number of aromatic nitrogens is 3. The summed E-state index contributed by atoms with van der Waals surface area (Å²) in [7, 11) is 1.58. The molecule has 2 amide bonds. The Morgan fingerprint density at radius 3 is 2.60 bits per heavy atom. The molecule has 1 aliphatic heterocycles. The number of rotatable bonds is 5. The van der Waals surface area contributed by atoms with Gasteiger partial charge in [-0.25, -0.2) is 4.98 Å². The summed E-state index contributed by atoms with van der Waals surface area (Å²) in [6.07, 6.45) is 5.75. The molecule has 1 N–H and O–H groups in total. The SMILES string of the molecule is COc1cnc(C)cc1-c1cc(C)ncc1C(=O)Nc1nc2ccc(N3CCCCC3=O)cc2s1. The third kappa shape index (κ3) is 4.59. The predicted molar refractivity (Wildman–Crippen MR) is 137 cm³/mol. The molecule has 0 spiro atoms. The van der Waals surface area contributed by atoms with Crippen LogP contribution >= 0.6 is 11.3 Å². The number of fused-ring (bicyclic) bond motifs is 1. The van der Waals surface area contributed by atoms with Gasteiger partial charge in [0.25, 0.3) is 5.91 Å². The maximum atomic E-state index is 13.3. The van der Waals surface area contributed by atoms with E-state index in [1.54, 1.807) is 19.5 Å². The number of hydrogen-bond donors (Lipinski definition) is 1. The van der Waals surface area contributed by atoms with E-state index in [-0.39, 0.29) is 11.8 Å². The molecular formula is C26H25N5O3S. The third-order valence-electron chi connectivity index (χ3n) is 6.03. The van der Waals surface area contributed by atoms with E-state index < -0.39 is 0 Å². The van der Waals surface area contributed by atoms with Gasteiger partial charge in [-0.05, 0) is 57.0 Å². The Bertz CT molecular complexity index is 1450. The van der Waals surface area contributed by atoms with Gasteiger partial charge in [-0.2, -0.15) is 0 Å². The van der Waals surface area contributed by atoms with Crippen LogP contribution < -0.4 is 15.0 Å². The number of hydrogen-bond acceptors (Lipinski definition) is 7. The number of carbonyl (C=O) groups is 2. The number of methoxy groups -OCH3 is 1. The van der Waals surface area contributed by atoms with Crippen LogP contribution in [0.2, 0.25) is 0 Å². The lowest BCUT2D eigenvalue weighted by Crippen LogP contribution is -2.35. The summed E-state index contributed by atoms with van der Waals surface area (Å²) in [6, 6.07) is 9.53. The van der Waals surface area contributed by atoms with Crippen LogP contribution in [0.4, 0.5) is 10.8 Å². The van der Waals surface area contributed by atoms with Crippen molar-refractivity contribution in [1.29, 1.82) is 0 Å². The molecule has 8 nitrogen and oxygen atoms in total. The molecule has 5 rings (SSSR count). The van der Waals surface area contributed by atoms with Crippen molar-refractivity contribution in [3.05, 3.63) is 59.7 Å². The Hall–Kier alpha value is -3.85. The van der Waals surface area contributed by atoms with Gasteiger partial charge >= 0.3 is 0 Å². The summed E-state index contributed by atoms with van der Waals surface area (Å²) < 4.78 is 6.41. The fourth-order valence-corrected chi connectivity index (χ4v) is 5.16. The second-order valence-electron chi connectivity index (χ2n) is 8.52. The summed E-state index contributed by atoms with van der Waals surface area (Å²) >= 11 is 1.38. The molecule has 4 aromatic rings. The Balaban J connectivity index is 1.46. The highest BCUT2D eigenvalue weighted by molar-refractivity contribution is 7.22. The molecule has 0 aliphatic carbocycles. The molecule has 0 unspecified atom stereocenters. The summed E-state index contributed by atoms with van der Waals surface area (Å²) in [5.41, 5.74) is 5.14. The van der Waals surface area contributed by atoms with Crippen LogP contribution in [0.5, 0.6) is 5.75 Å². The largest absolute Gasteiger partial charge is 0.494 e. The molecule has 3 aromatic heterocycles. The van der Waals surface area contributed by atoms with E-state index in [0.29, 0.717) is 28.4 Å². The highest BCUT2D eigenvalue weighted by Gasteiger charge is 2.21. The van der Waals surface area contributed by atoms with Gasteiger partial charge in [0.1, 0.15) is 5.75 Å². The highest BCUT2D eigenvalue weighted by atomic mass is 32.1. The maximum absolute atomic E-state index is 13.3. The second-order valence-corrected chi connectivity index (χ2v) is 9.56. The number of piperidine rings is 1. The Kier molecular flexibility index (Phi) is 6.17. The average Bonchev–Trinajstić information content (AvgIpc) is 3.25. The first kappa shape index (κ1) is 22.9. The van der Waals surface area contributed by atoms with Gasteiger partial charge in [-0.1, -0.05) is 11.3 Å². The smallest absolute Gasteiger partial charge is 0.259 e. The van der Waals surface area contributed by atoms with Crippen molar-refractivity contribution in [2.45, 2.75) is 33.1 Å². The number of anilines is 2. The first-order valence-corrected chi connectivity index (χ1v) is 12.2. The molecule has 9 heteroatoms. The van der Waals surface area contributed by atoms with E-state index >= 15 is 0 Å². The lowest BCUT2D eigenvalue weighted by Gasteiger charge is -2.26. The minimum Gasteiger partial charge on any atom is -0.494 e. The van der Waals surface area contributed by atoms with Crippen molar-refractivity contribution in [1.82, 2.24) is 15.0 Å². The van der Waals surface area contributed by atoms with Gasteiger partial charge in [0.15, 0.2) is 5.13 Å². The zero-order chi connectivity index (χ0) is 24.5. The van der Waals surface area contributed by atoms with Crippen molar-refractivity contribution in [3.8, 4) is 16.9 Å². The topological polar surface area (TPSA) is 97.3 Å². The minimum absolute atomic E-state index is 0.148. The summed E-state index contributed by atoms with van der Waals surface area (Å²) in [5.74, 6) is 0.416. The number of nitrogens with zero attached hydrogens (tertiary/aromatic N) is 4. The number of aryl methyl sites for hydroxylation is 2. The fraction of sp³-hybridized carbons (Fsp3) is 0.269. The monoisotopic (exact) mass is 487 g/mol. The summed E-state index contributed by atoms with van der Waals surface area (Å²) in [6.45, 7) is 4.50. The van der Waals surface area contributed by atoms with Crippen LogP contribution in [-0.2, 0) is 4.79 Å². The minimum atomic E-state index is -0.311. The number of amides is 2. The number of ether oxygens (including phenoxy) is 1. The molecule has 178 valence electrons. The molecule has 0 bridgehead atoms. The third-order valence-corrected chi connectivity index (χ3v) is 6.96. The van der Waals surface area contributed by atoms with Crippen LogP contribution in [0.25, 0.3) is 21.3 Å². The van der Waals surface area contributed by atoms with Crippen molar-refractivity contribution < 1.29 is 14.3 Å². The molecule has 4 heterocycles. The van der Waals surface area contributed by atoms with E-state index in [2.05, 4.69) is 20.3 Å². The van der Waals surface area contributed by atoms with Crippen LogP contribution in [-0.4, -0.2) is 40.4 Å². The maximum Gasteiger partial charge on any atom is 0.259 e. The molecular weight excluding hydrogens is 462 g/mol. The number of carbonyl (C=O) groups excluding carboxylic acids is 2. The van der Waals surface area contributed by atoms with E-state index in [4.69, 9.17) is 4.74 Å². The van der Waals surface area contributed by atoms with E-state index in [0.717, 1.165) is 52.2 Å². The second kappa shape index (κ2) is 9.42. The number of pyridine rings is 2. The predicted octanol–water partition coefficient (Wildman–Crippen LogP) is 5.15. The molecule has 1 aliphatic rings. The average molecular weight is 488 g/mol. The molecule has 0 atom stereocenters. The standard InChI is InChI=1S/C26H25N5O3S/c1-15-10-18(19-11-16(2)28-14-22(19)34-3)20(13-27-15)25(33)30-26-29-21-8-7-17(12-23(21)35-26)31-9-5-4-6-24(31)32/h7-8,10-14H,4-6,9H2,1-3H3,(H,29,30,33). The van der Waals surface area contributed by atoms with Gasteiger partial charge in [-0.15, -0.1) is 0 Å². The summed E-state index contributed by atoms with van der Waals surface area (Å²) in [4.78, 5) is 40.7. The molecule has 35 heavy (non-hydrogen) atoms. The quantitative estimate of drug-likeness (QED) is 0.418. The lowest BCUT2D eigenvalue weighted by atomic mass is 9.99. The Morgan fingerprint density at radius 1 is 1.06 bits per heavy atom. The van der Waals surface area contributed by atoms with Crippen LogP contribution in [0.15, 0.2) is 42.7 Å². The lowest BCUT2D eigenvalue weighted by molar-refractivity contribution is -0.119. The normalized spacial score (nSPS) is 13.8. The van der Waals surface area contributed by atoms with Gasteiger partial charge in [-0.3, -0.25) is 24.9 Å². The zero-order valence-corrected chi connectivity index (χ0v) is 20.6. The van der Waals surface area contributed by atoms with Crippen LogP contribution in [0, 0.1) is 13.8 Å². The number of nitrogens with one attached hydrogen (secondary N) is 1. The van der Waals surface area contributed by atoms with Gasteiger partial charge in [0.05, 0.1) is 29.1 Å². The van der Waals surface area contributed by atoms with Crippen molar-refractivity contribution in [2.75, 3.05) is 23.9 Å². The summed E-state index contributed by atoms with van der Waals surface area (Å²) in [5, 5.41) is 3.41. The van der Waals surface area contributed by atoms with E-state index in [9.17, 15) is 9.59 Å².